The summed E-state index contributed by atoms with van der Waals surface area (Å²) in [6.07, 6.45) is 3.85. The predicted molar refractivity (Wildman–Crippen MR) is 116 cm³/mol. The number of amides is 2. The van der Waals surface area contributed by atoms with Gasteiger partial charge in [0.2, 0.25) is 0 Å². The van der Waals surface area contributed by atoms with E-state index in [0.717, 1.165) is 12.8 Å². The van der Waals surface area contributed by atoms with Gasteiger partial charge in [0.05, 0.1) is 11.4 Å². The molecule has 0 saturated carbocycles. The van der Waals surface area contributed by atoms with Crippen molar-refractivity contribution in [3.8, 4) is 0 Å². The molecule has 1 aliphatic heterocycles. The summed E-state index contributed by atoms with van der Waals surface area (Å²) < 4.78 is 24.3. The molecule has 2 amide bonds. The zero-order valence-corrected chi connectivity index (χ0v) is 17.9. The summed E-state index contributed by atoms with van der Waals surface area (Å²) in [6, 6.07) is 18.7. The molecule has 3 rings (SSSR count). The fourth-order valence-electron chi connectivity index (χ4n) is 2.99. The zero-order valence-electron chi connectivity index (χ0n) is 17.1. The predicted octanol–water partition coefficient (Wildman–Crippen LogP) is 2.69. The molecule has 0 bridgehead atoms. The number of unbranched alkanes of at least 4 members (excludes halogenated alkanes) is 1. The van der Waals surface area contributed by atoms with Gasteiger partial charge in [-0.1, -0.05) is 65.0 Å². The van der Waals surface area contributed by atoms with Gasteiger partial charge in [-0.15, -0.1) is 0 Å². The van der Waals surface area contributed by atoms with Crippen molar-refractivity contribution in [3.63, 3.8) is 0 Å². The molecule has 0 aromatic heterocycles. The van der Waals surface area contributed by atoms with Crippen LogP contribution in [0.1, 0.15) is 26.2 Å². The van der Waals surface area contributed by atoms with Crippen LogP contribution < -0.4 is 10.0 Å². The summed E-state index contributed by atoms with van der Waals surface area (Å²) in [6.45, 7) is 2.06. The van der Waals surface area contributed by atoms with Crippen molar-refractivity contribution < 1.29 is 27.6 Å². The zero-order chi connectivity index (χ0) is 23.6. The second-order valence-corrected chi connectivity index (χ2v) is 7.74. The third kappa shape index (κ3) is 6.05. The molecule has 1 fully saturated rings. The van der Waals surface area contributed by atoms with E-state index in [-0.39, 0.29) is 11.8 Å². The van der Waals surface area contributed by atoms with E-state index in [0.29, 0.717) is 30.0 Å². The van der Waals surface area contributed by atoms with Gasteiger partial charge >= 0.3 is 10.2 Å². The molecule has 2 aromatic rings. The molecular formula is C21H20N4O6S. The summed E-state index contributed by atoms with van der Waals surface area (Å²) in [4.78, 5) is 44.2. The lowest BCUT2D eigenvalue weighted by Gasteiger charge is -2.27. The molecule has 0 spiro atoms. The van der Waals surface area contributed by atoms with E-state index >= 15 is 0 Å². The van der Waals surface area contributed by atoms with Crippen LogP contribution in [0.5, 0.6) is 0 Å². The minimum Gasteiger partial charge on any atom is -0.272 e. The lowest BCUT2D eigenvalue weighted by molar-refractivity contribution is -0.127. The van der Waals surface area contributed by atoms with Gasteiger partial charge in [-0.3, -0.25) is 9.59 Å². The minimum absolute atomic E-state index is 0.140. The third-order valence-corrected chi connectivity index (χ3v) is 4.98. The van der Waals surface area contributed by atoms with Crippen molar-refractivity contribution in [1.29, 1.82) is 0 Å². The van der Waals surface area contributed by atoms with Gasteiger partial charge in [0.15, 0.2) is 0 Å². The Kier molecular flexibility index (Phi) is 8.73. The Hall–Kier alpha value is -3.91. The number of carbonyl (C=O) groups is 2. The monoisotopic (exact) mass is 456 g/mol. The van der Waals surface area contributed by atoms with Crippen LogP contribution in [-0.2, 0) is 29.4 Å². The second kappa shape index (κ2) is 11.5. The maximum absolute atomic E-state index is 12.9. The van der Waals surface area contributed by atoms with E-state index in [4.69, 9.17) is 0 Å². The molecule has 1 aliphatic rings. The second-order valence-electron chi connectivity index (χ2n) is 6.48. The number of nitrogens with zero attached hydrogens (tertiary/aromatic N) is 4. The minimum atomic E-state index is -4.28. The quantitative estimate of drug-likeness (QED) is 0.357. The maximum Gasteiger partial charge on any atom is 0.383 e. The van der Waals surface area contributed by atoms with E-state index in [2.05, 4.69) is 15.7 Å². The molecule has 2 aromatic carbocycles. The molecule has 10 nitrogen and oxygen atoms in total. The Morgan fingerprint density at radius 3 is 1.56 bits per heavy atom. The number of isocyanates is 2. The Morgan fingerprint density at radius 2 is 1.22 bits per heavy atom. The summed E-state index contributed by atoms with van der Waals surface area (Å²) in [5.41, 5.74) is 1.43. The van der Waals surface area contributed by atoms with E-state index < -0.39 is 16.1 Å². The van der Waals surface area contributed by atoms with Crippen LogP contribution in [0, 0.1) is 5.92 Å². The summed E-state index contributed by atoms with van der Waals surface area (Å²) in [7, 11) is -4.28. The van der Waals surface area contributed by atoms with Crippen molar-refractivity contribution >= 4 is 45.6 Å². The van der Waals surface area contributed by atoms with Gasteiger partial charge < -0.3 is 0 Å². The average Bonchev–Trinajstić information content (AvgIpc) is 3.03. The fourth-order valence-corrected chi connectivity index (χ4v) is 3.22. The van der Waals surface area contributed by atoms with Crippen molar-refractivity contribution in [2.45, 2.75) is 26.2 Å². The Bertz CT molecular complexity index is 1060. The highest BCUT2D eigenvalue weighted by Crippen LogP contribution is 2.33. The Morgan fingerprint density at radius 1 is 0.812 bits per heavy atom. The number of carbonyl (C=O) groups excluding carboxylic acids is 4. The van der Waals surface area contributed by atoms with Crippen molar-refractivity contribution in [2.75, 3.05) is 10.0 Å². The van der Waals surface area contributed by atoms with Crippen LogP contribution in [0.25, 0.3) is 0 Å². The van der Waals surface area contributed by atoms with Crippen LogP contribution >= 0.6 is 0 Å². The number of rotatable bonds is 7. The average molecular weight is 456 g/mol. The van der Waals surface area contributed by atoms with E-state index in [1.54, 1.807) is 0 Å². The van der Waals surface area contributed by atoms with Crippen molar-refractivity contribution in [2.24, 2.45) is 14.7 Å². The molecule has 32 heavy (non-hydrogen) atoms. The highest BCUT2D eigenvalue weighted by atomic mass is 32.2. The van der Waals surface area contributed by atoms with Crippen LogP contribution in [-0.4, -0.2) is 32.4 Å². The number of hydrogen-bond donors (Lipinski definition) is 0. The summed E-state index contributed by atoms with van der Waals surface area (Å²) in [5.74, 6) is -0.868. The normalized spacial score (nSPS) is 13.7. The van der Waals surface area contributed by atoms with Gasteiger partial charge in [0, 0.05) is 0 Å². The summed E-state index contributed by atoms with van der Waals surface area (Å²) >= 11 is 0. The molecular weight excluding hydrogens is 436 g/mol. The molecule has 0 radical (unpaired) electrons. The van der Waals surface area contributed by atoms with Gasteiger partial charge in [0.25, 0.3) is 24.0 Å². The van der Waals surface area contributed by atoms with Crippen LogP contribution in [0.4, 0.5) is 11.4 Å². The molecule has 0 N–H and O–H groups in total. The topological polar surface area (TPSA) is 134 Å². The van der Waals surface area contributed by atoms with Crippen LogP contribution in [0.3, 0.4) is 0 Å². The first-order valence-electron chi connectivity index (χ1n) is 9.57. The highest BCUT2D eigenvalue weighted by molar-refractivity contribution is 7.89. The number of anilines is 2. The molecule has 0 atom stereocenters. The number of benzene rings is 2. The molecule has 0 unspecified atom stereocenters. The molecule has 0 aliphatic carbocycles. The highest BCUT2D eigenvalue weighted by Gasteiger charge is 2.46. The van der Waals surface area contributed by atoms with E-state index in [1.165, 1.54) is 10.0 Å². The lowest BCUT2D eigenvalue weighted by Crippen LogP contribution is -2.41. The standard InChI is InChI=1S/C19H20N2O2.C2N2O4S/c1-2-3-14-17-18(22)20(15-10-6-4-7-11-15)21(19(17)23)16-12-8-5-9-13-16;5-1-3-9(7,8)4-2-6/h4-13,17H,2-3,14H2,1H3;. The van der Waals surface area contributed by atoms with Crippen LogP contribution in [0.2, 0.25) is 0 Å². The maximum atomic E-state index is 12.9. The van der Waals surface area contributed by atoms with Gasteiger partial charge in [0.1, 0.15) is 5.92 Å². The molecule has 1 saturated heterocycles. The summed E-state index contributed by atoms with van der Waals surface area (Å²) in [5, 5.41) is 3.02. The SMILES string of the molecule is CCCCC1C(=O)N(c2ccccc2)N(c2ccccc2)C1=O.O=C=NS(=O)(=O)N=C=O. The van der Waals surface area contributed by atoms with Gasteiger partial charge in [-0.05, 0) is 30.7 Å². The van der Waals surface area contributed by atoms with Crippen molar-refractivity contribution in [3.05, 3.63) is 60.7 Å². The first kappa shape index (κ1) is 24.4. The lowest BCUT2D eigenvalue weighted by atomic mass is 10.0. The molecule has 1 heterocycles. The van der Waals surface area contributed by atoms with Gasteiger partial charge in [-0.2, -0.15) is 8.42 Å². The Labute approximate surface area is 185 Å². The first-order chi connectivity index (χ1) is 15.4. The number of para-hydroxylation sites is 2. The molecule has 11 heteroatoms. The smallest absolute Gasteiger partial charge is 0.272 e. The van der Waals surface area contributed by atoms with Gasteiger partial charge in [-0.25, -0.2) is 19.6 Å². The largest absolute Gasteiger partial charge is 0.383 e. The third-order valence-electron chi connectivity index (χ3n) is 4.37. The Balaban J connectivity index is 0.000000344. The van der Waals surface area contributed by atoms with Crippen molar-refractivity contribution in [1.82, 2.24) is 0 Å². The van der Waals surface area contributed by atoms with E-state index in [9.17, 15) is 27.6 Å². The molecule has 166 valence electrons. The first-order valence-corrected chi connectivity index (χ1v) is 11.0. The number of hydrogen-bond acceptors (Lipinski definition) is 6. The number of hydrazine groups is 1. The van der Waals surface area contributed by atoms with Crippen LogP contribution in [0.15, 0.2) is 69.5 Å². The van der Waals surface area contributed by atoms with E-state index in [1.807, 2.05) is 60.7 Å². The fraction of sp³-hybridized carbons (Fsp3) is 0.238.